The fourth-order valence-corrected chi connectivity index (χ4v) is 8.12. The van der Waals surface area contributed by atoms with E-state index in [1.807, 2.05) is 148 Å². The van der Waals surface area contributed by atoms with Gasteiger partial charge in [-0.1, -0.05) is 184 Å². The van der Waals surface area contributed by atoms with E-state index in [0.29, 0.717) is 0 Å². The van der Waals surface area contributed by atoms with E-state index in [0.717, 1.165) is 44.8 Å². The number of nitrogens with zero attached hydrogens (tertiary/aromatic N) is 6. The Morgan fingerprint density at radius 2 is 0.464 bits per heavy atom. The fraction of sp³-hybridized carbons (Fsp3) is 0.308. The van der Waals surface area contributed by atoms with Gasteiger partial charge in [0.15, 0.2) is 0 Å². The first kappa shape index (κ1) is 73.8. The van der Waals surface area contributed by atoms with Gasteiger partial charge in [-0.2, -0.15) is 0 Å². The van der Waals surface area contributed by atoms with Crippen molar-refractivity contribution >= 4 is 65.2 Å². The zero-order valence-corrected chi connectivity index (χ0v) is 56.0. The lowest BCUT2D eigenvalue weighted by Gasteiger charge is -1.99. The lowest BCUT2D eigenvalue weighted by molar-refractivity contribution is 1.22. The van der Waals surface area contributed by atoms with Crippen LogP contribution >= 0.6 is 0 Å². The van der Waals surface area contributed by atoms with Gasteiger partial charge in [0, 0.05) is 79.9 Å². The molecule has 6 aromatic heterocycles. The van der Waals surface area contributed by atoms with E-state index in [1.165, 1.54) is 87.6 Å². The summed E-state index contributed by atoms with van der Waals surface area (Å²) in [6.07, 6.45) is 7.65. The van der Waals surface area contributed by atoms with Crippen molar-refractivity contribution in [2.24, 2.45) is 0 Å². The molecule has 6 heteroatoms. The number of fused-ring (bicyclic) bond motifs is 6. The molecule has 6 aromatic carbocycles. The maximum absolute atomic E-state index is 4.44. The summed E-state index contributed by atoms with van der Waals surface area (Å²) in [6, 6.07) is 54.9. The molecule has 12 rings (SSSR count). The molecule has 0 aliphatic carbocycles. The van der Waals surface area contributed by atoms with Crippen LogP contribution in [0, 0.1) is 83.1 Å². The van der Waals surface area contributed by atoms with Crippen molar-refractivity contribution in [2.75, 3.05) is 0 Å². The Labute approximate surface area is 508 Å². The van der Waals surface area contributed by atoms with E-state index in [-0.39, 0.29) is 0 Å². The number of pyridine rings is 6. The predicted octanol–water partition coefficient (Wildman–Crippen LogP) is 23.3. The van der Waals surface area contributed by atoms with Crippen molar-refractivity contribution in [1.29, 1.82) is 0 Å². The zero-order valence-electron chi connectivity index (χ0n) is 56.0. The summed E-state index contributed by atoms with van der Waals surface area (Å²) in [4.78, 5) is 26.0. The molecule has 0 saturated heterocycles. The Bertz CT molecular complexity index is 3090. The number of rotatable bonds is 0. The molecule has 0 spiro atoms. The van der Waals surface area contributed by atoms with E-state index in [4.69, 9.17) is 0 Å². The normalized spacial score (nSPS) is 9.43. The number of hydrogen-bond donors (Lipinski definition) is 0. The van der Waals surface area contributed by atoms with Crippen LogP contribution in [0.1, 0.15) is 150 Å². The van der Waals surface area contributed by atoms with Gasteiger partial charge in [-0.15, -0.1) is 0 Å². The first-order chi connectivity index (χ1) is 40.5. The summed E-state index contributed by atoms with van der Waals surface area (Å²) in [5.74, 6) is 0. The molecule has 12 aromatic rings. The molecule has 444 valence electrons. The summed E-state index contributed by atoms with van der Waals surface area (Å²) in [5, 5.41) is 9.88. The molecule has 6 heterocycles. The van der Waals surface area contributed by atoms with Gasteiger partial charge in [-0.05, 0) is 195 Å². The van der Waals surface area contributed by atoms with Crippen molar-refractivity contribution in [3.8, 4) is 0 Å². The molecule has 0 aliphatic rings. The summed E-state index contributed by atoms with van der Waals surface area (Å²) in [7, 11) is 0. The van der Waals surface area contributed by atoms with Crippen LogP contribution in [0.5, 0.6) is 0 Å². The van der Waals surface area contributed by atoms with Gasteiger partial charge in [0.05, 0.1) is 22.1 Å². The van der Waals surface area contributed by atoms with Gasteiger partial charge in [-0.3, -0.25) is 29.9 Å². The average Bonchev–Trinajstić information content (AvgIpc) is 3.53. The smallest absolute Gasteiger partial charge is 0.0707 e. The minimum absolute atomic E-state index is 1.08. The van der Waals surface area contributed by atoms with E-state index >= 15 is 0 Å². The topological polar surface area (TPSA) is 77.3 Å². The molecule has 84 heavy (non-hydrogen) atoms. The van der Waals surface area contributed by atoms with Crippen LogP contribution in [0.3, 0.4) is 0 Å². The van der Waals surface area contributed by atoms with E-state index < -0.39 is 0 Å². The van der Waals surface area contributed by atoms with Gasteiger partial charge >= 0.3 is 0 Å². The Hall–Kier alpha value is -8.22. The molecule has 0 N–H and O–H groups in total. The van der Waals surface area contributed by atoms with Gasteiger partial charge in [0.1, 0.15) is 0 Å². The molecule has 0 bridgehead atoms. The van der Waals surface area contributed by atoms with Crippen molar-refractivity contribution in [1.82, 2.24) is 29.9 Å². The largest absolute Gasteiger partial charge is 0.261 e. The highest BCUT2D eigenvalue weighted by atomic mass is 14.7. The summed E-state index contributed by atoms with van der Waals surface area (Å²) < 4.78 is 0. The molecular weight excluding hydrogens is 1020 g/mol. The lowest BCUT2D eigenvalue weighted by atomic mass is 10.1. The van der Waals surface area contributed by atoms with Gasteiger partial charge in [-0.25, -0.2) is 0 Å². The van der Waals surface area contributed by atoms with Gasteiger partial charge in [0.25, 0.3) is 0 Å². The van der Waals surface area contributed by atoms with E-state index in [2.05, 4.69) is 231 Å². The van der Waals surface area contributed by atoms with Crippen LogP contribution < -0.4 is 0 Å². The maximum atomic E-state index is 4.44. The Morgan fingerprint density at radius 1 is 0.179 bits per heavy atom. The van der Waals surface area contributed by atoms with Crippen molar-refractivity contribution < 1.29 is 0 Å². The number of aryl methyl sites for hydroxylation is 12. The standard InChI is InChI=1S/6C11H11N.6C2H6/c2*1-8-3-5-10-6-4-9(2)12-11(10)7-8;1-8-3-4-10-7-12-9(2)6-11(10)5-8;1-8-3-4-10-6-9(2)12-7-11(10)5-8;2*1-8-3-4-11-10(5-8)6-9(2)7-12-11;6*1-2/h6*3-7H,1-2H3;6*1-2H3. The van der Waals surface area contributed by atoms with Crippen LogP contribution in [-0.4, -0.2) is 29.9 Å². The molecular formula is C78H102N6. The minimum atomic E-state index is 1.08. The van der Waals surface area contributed by atoms with Gasteiger partial charge < -0.3 is 0 Å². The van der Waals surface area contributed by atoms with Gasteiger partial charge in [0.2, 0.25) is 0 Å². The lowest BCUT2D eigenvalue weighted by Crippen LogP contribution is -1.83. The SMILES string of the molecule is CC.CC.CC.CC.CC.CC.Cc1ccc2cc(C)ncc2c1.Cc1ccc2ccc(C)nc2c1.Cc1ccc2ccc(C)nc2c1.Cc1ccc2cnc(C)cc2c1.Cc1ccc2ncc(C)cc2c1.Cc1ccc2ncc(C)cc2c1. The molecule has 0 unspecified atom stereocenters. The quantitative estimate of drug-likeness (QED) is 0.151. The molecule has 0 fully saturated rings. The van der Waals surface area contributed by atoms with Crippen LogP contribution in [0.2, 0.25) is 0 Å². The molecule has 0 atom stereocenters. The second-order valence-corrected chi connectivity index (χ2v) is 19.1. The monoisotopic (exact) mass is 1120 g/mol. The molecule has 0 radical (unpaired) electrons. The maximum Gasteiger partial charge on any atom is 0.0707 e. The zero-order chi connectivity index (χ0) is 63.3. The number of benzene rings is 6. The summed E-state index contributed by atoms with van der Waals surface area (Å²) in [5.41, 5.74) is 18.8. The van der Waals surface area contributed by atoms with Crippen molar-refractivity contribution in [2.45, 2.75) is 166 Å². The first-order valence-corrected chi connectivity index (χ1v) is 30.5. The van der Waals surface area contributed by atoms with Crippen LogP contribution in [-0.2, 0) is 0 Å². The van der Waals surface area contributed by atoms with Crippen molar-refractivity contribution in [3.63, 3.8) is 0 Å². The highest BCUT2D eigenvalue weighted by Crippen LogP contribution is 2.19. The Balaban J connectivity index is 0.000000486. The molecule has 0 aliphatic heterocycles. The van der Waals surface area contributed by atoms with E-state index in [1.54, 1.807) is 0 Å². The second-order valence-electron chi connectivity index (χ2n) is 19.1. The molecule has 6 nitrogen and oxygen atoms in total. The highest BCUT2D eigenvalue weighted by Gasteiger charge is 1.99. The summed E-state index contributed by atoms with van der Waals surface area (Å²) in [6.45, 7) is 48.8. The summed E-state index contributed by atoms with van der Waals surface area (Å²) >= 11 is 0. The first-order valence-electron chi connectivity index (χ1n) is 30.5. The third kappa shape index (κ3) is 25.5. The highest BCUT2D eigenvalue weighted by molar-refractivity contribution is 5.84. The average molecular weight is 1120 g/mol. The third-order valence-electron chi connectivity index (χ3n) is 11.9. The van der Waals surface area contributed by atoms with Crippen LogP contribution in [0.15, 0.2) is 183 Å². The Kier molecular flexibility index (Phi) is 35.9. The fourth-order valence-electron chi connectivity index (χ4n) is 8.12. The second kappa shape index (κ2) is 40.9. The number of aromatic nitrogens is 6. The van der Waals surface area contributed by atoms with Crippen molar-refractivity contribution in [3.05, 3.63) is 250 Å². The number of hydrogen-bond acceptors (Lipinski definition) is 6. The van der Waals surface area contributed by atoms with Crippen LogP contribution in [0.25, 0.3) is 65.2 Å². The predicted molar refractivity (Wildman–Crippen MR) is 375 cm³/mol. The molecule has 0 amide bonds. The van der Waals surface area contributed by atoms with E-state index in [9.17, 15) is 0 Å². The minimum Gasteiger partial charge on any atom is -0.261 e. The van der Waals surface area contributed by atoms with Crippen LogP contribution in [0.4, 0.5) is 0 Å². The third-order valence-corrected chi connectivity index (χ3v) is 11.9. The Morgan fingerprint density at radius 3 is 0.869 bits per heavy atom. The molecule has 0 saturated carbocycles.